The van der Waals surface area contributed by atoms with Gasteiger partial charge in [-0.15, -0.1) is 0 Å². The molecule has 3 rings (SSSR count). The number of amides is 1. The summed E-state index contributed by atoms with van der Waals surface area (Å²) in [4.78, 5) is 13.7. The molecule has 0 unspecified atom stereocenters. The number of hydrogen-bond donors (Lipinski definition) is 1. The van der Waals surface area contributed by atoms with E-state index >= 15 is 0 Å². The Morgan fingerprint density at radius 1 is 1.17 bits per heavy atom. The quantitative estimate of drug-likeness (QED) is 0.912. The van der Waals surface area contributed by atoms with Crippen molar-refractivity contribution in [2.75, 3.05) is 17.8 Å². The summed E-state index contributed by atoms with van der Waals surface area (Å²) in [5.41, 5.74) is 0.188. The van der Waals surface area contributed by atoms with Crippen LogP contribution in [0.15, 0.2) is 35.4 Å². The van der Waals surface area contributed by atoms with Crippen LogP contribution in [0.2, 0.25) is 0 Å². The molecule has 0 saturated heterocycles. The minimum absolute atomic E-state index is 0.0976. The molecule has 0 bridgehead atoms. The van der Waals surface area contributed by atoms with E-state index in [1.807, 2.05) is 6.92 Å². The fourth-order valence-corrected chi connectivity index (χ4v) is 3.65. The van der Waals surface area contributed by atoms with E-state index in [4.69, 9.17) is 0 Å². The van der Waals surface area contributed by atoms with E-state index in [0.717, 1.165) is 18.2 Å². The highest BCUT2D eigenvalue weighted by molar-refractivity contribution is 7.92. The molecule has 0 fully saturated rings. The van der Waals surface area contributed by atoms with E-state index in [0.29, 0.717) is 19.6 Å². The fourth-order valence-electron chi connectivity index (χ4n) is 2.56. The van der Waals surface area contributed by atoms with E-state index in [-0.39, 0.29) is 22.2 Å². The van der Waals surface area contributed by atoms with Gasteiger partial charge in [-0.3, -0.25) is 9.52 Å². The molecule has 9 heteroatoms. The maximum Gasteiger partial charge on any atom is 0.270 e. The van der Waals surface area contributed by atoms with Crippen molar-refractivity contribution in [1.82, 2.24) is 9.47 Å². The number of aromatic nitrogens is 1. The lowest BCUT2D eigenvalue weighted by Crippen LogP contribution is -2.39. The normalized spacial score (nSPS) is 14.6. The SMILES string of the molecule is CCN1CCn2cc(S(=O)(=O)Nc3ccc(F)c(F)c3)cc2C1=O. The van der Waals surface area contributed by atoms with Gasteiger partial charge in [0.2, 0.25) is 0 Å². The van der Waals surface area contributed by atoms with Gasteiger partial charge in [0.1, 0.15) is 10.6 Å². The van der Waals surface area contributed by atoms with Crippen molar-refractivity contribution < 1.29 is 22.0 Å². The van der Waals surface area contributed by atoms with Crippen molar-refractivity contribution in [3.05, 3.63) is 47.8 Å². The first kappa shape index (κ1) is 16.4. The highest BCUT2D eigenvalue weighted by Crippen LogP contribution is 2.23. The van der Waals surface area contributed by atoms with Crippen LogP contribution in [-0.2, 0) is 16.6 Å². The number of anilines is 1. The zero-order valence-corrected chi connectivity index (χ0v) is 13.6. The van der Waals surface area contributed by atoms with Crippen LogP contribution in [0, 0.1) is 11.6 Å². The van der Waals surface area contributed by atoms with E-state index in [2.05, 4.69) is 4.72 Å². The van der Waals surface area contributed by atoms with Crippen molar-refractivity contribution in [1.29, 1.82) is 0 Å². The highest BCUT2D eigenvalue weighted by Gasteiger charge is 2.27. The molecule has 1 amide bonds. The predicted octanol–water partition coefficient (Wildman–Crippen LogP) is 2.04. The lowest BCUT2D eigenvalue weighted by molar-refractivity contribution is 0.0715. The maximum absolute atomic E-state index is 13.2. The molecule has 24 heavy (non-hydrogen) atoms. The van der Waals surface area contributed by atoms with E-state index in [1.165, 1.54) is 12.3 Å². The van der Waals surface area contributed by atoms with Gasteiger partial charge in [-0.05, 0) is 25.1 Å². The molecule has 0 spiro atoms. The van der Waals surface area contributed by atoms with Gasteiger partial charge in [0.25, 0.3) is 15.9 Å². The Kier molecular flexibility index (Phi) is 4.04. The third-order valence-electron chi connectivity index (χ3n) is 3.85. The first-order valence-corrected chi connectivity index (χ1v) is 8.77. The van der Waals surface area contributed by atoms with Crippen LogP contribution in [0.4, 0.5) is 14.5 Å². The van der Waals surface area contributed by atoms with E-state index < -0.39 is 21.7 Å². The Bertz CT molecular complexity index is 909. The monoisotopic (exact) mass is 355 g/mol. The number of benzene rings is 1. The molecule has 1 N–H and O–H groups in total. The van der Waals surface area contributed by atoms with Crippen LogP contribution in [-0.4, -0.2) is 36.9 Å². The number of carbonyl (C=O) groups is 1. The lowest BCUT2D eigenvalue weighted by Gasteiger charge is -2.26. The van der Waals surface area contributed by atoms with Crippen LogP contribution in [0.1, 0.15) is 17.4 Å². The number of likely N-dealkylation sites (N-methyl/N-ethyl adjacent to an activating group) is 1. The number of rotatable bonds is 4. The van der Waals surface area contributed by atoms with Gasteiger partial charge in [-0.2, -0.15) is 0 Å². The average Bonchev–Trinajstić information content (AvgIpc) is 2.97. The number of sulfonamides is 1. The highest BCUT2D eigenvalue weighted by atomic mass is 32.2. The minimum atomic E-state index is -4.02. The number of carbonyl (C=O) groups excluding carboxylic acids is 1. The minimum Gasteiger partial charge on any atom is -0.340 e. The van der Waals surface area contributed by atoms with Crippen molar-refractivity contribution >= 4 is 21.6 Å². The van der Waals surface area contributed by atoms with Crippen LogP contribution < -0.4 is 4.72 Å². The second-order valence-electron chi connectivity index (χ2n) is 5.37. The lowest BCUT2D eigenvalue weighted by atomic mass is 10.3. The largest absolute Gasteiger partial charge is 0.340 e. The molecule has 0 atom stereocenters. The van der Waals surface area contributed by atoms with Crippen molar-refractivity contribution in [2.24, 2.45) is 0 Å². The molecule has 1 aromatic carbocycles. The van der Waals surface area contributed by atoms with E-state index in [1.54, 1.807) is 9.47 Å². The van der Waals surface area contributed by atoms with Crippen LogP contribution in [0.5, 0.6) is 0 Å². The summed E-state index contributed by atoms with van der Waals surface area (Å²) in [5, 5.41) is 0. The van der Waals surface area contributed by atoms with Crippen LogP contribution in [0.25, 0.3) is 0 Å². The predicted molar refractivity (Wildman–Crippen MR) is 83.2 cm³/mol. The number of hydrogen-bond acceptors (Lipinski definition) is 3. The van der Waals surface area contributed by atoms with Crippen molar-refractivity contribution in [2.45, 2.75) is 18.4 Å². The molecule has 0 saturated carbocycles. The Balaban J connectivity index is 1.91. The molecule has 2 aromatic rings. The first-order valence-electron chi connectivity index (χ1n) is 7.29. The summed E-state index contributed by atoms with van der Waals surface area (Å²) < 4.78 is 54.7. The summed E-state index contributed by atoms with van der Waals surface area (Å²) in [6.07, 6.45) is 1.36. The van der Waals surface area contributed by atoms with Crippen LogP contribution in [0.3, 0.4) is 0 Å². The Labute approximate surface area is 137 Å². The second kappa shape index (κ2) is 5.90. The summed E-state index contributed by atoms with van der Waals surface area (Å²) in [7, 11) is -4.02. The standard InChI is InChI=1S/C15H15F2N3O3S/c1-2-19-5-6-20-9-11(8-14(20)15(19)21)24(22,23)18-10-3-4-12(16)13(17)7-10/h3-4,7-9,18H,2,5-6H2,1H3. The number of nitrogens with one attached hydrogen (secondary N) is 1. The molecule has 2 heterocycles. The third kappa shape index (κ3) is 2.86. The van der Waals surface area contributed by atoms with Gasteiger partial charge in [-0.25, -0.2) is 17.2 Å². The number of fused-ring (bicyclic) bond motifs is 1. The summed E-state index contributed by atoms with van der Waals surface area (Å²) in [6.45, 7) is 3.39. The zero-order valence-electron chi connectivity index (χ0n) is 12.8. The average molecular weight is 355 g/mol. The summed E-state index contributed by atoms with van der Waals surface area (Å²) in [5.74, 6) is -2.46. The second-order valence-corrected chi connectivity index (χ2v) is 7.06. The first-order chi connectivity index (χ1) is 11.3. The van der Waals surface area contributed by atoms with Crippen LogP contribution >= 0.6 is 0 Å². The smallest absolute Gasteiger partial charge is 0.270 e. The fraction of sp³-hybridized carbons (Fsp3) is 0.267. The van der Waals surface area contributed by atoms with Gasteiger partial charge in [-0.1, -0.05) is 0 Å². The topological polar surface area (TPSA) is 71.4 Å². The Morgan fingerprint density at radius 3 is 2.58 bits per heavy atom. The zero-order chi connectivity index (χ0) is 17.5. The molecule has 128 valence electrons. The van der Waals surface area contributed by atoms with Crippen molar-refractivity contribution in [3.63, 3.8) is 0 Å². The van der Waals surface area contributed by atoms with E-state index in [9.17, 15) is 22.0 Å². The summed E-state index contributed by atoms with van der Waals surface area (Å²) >= 11 is 0. The molecular weight excluding hydrogens is 340 g/mol. The molecule has 6 nitrogen and oxygen atoms in total. The van der Waals surface area contributed by atoms with Gasteiger partial charge in [0.05, 0.1) is 5.69 Å². The Morgan fingerprint density at radius 2 is 1.92 bits per heavy atom. The number of halogens is 2. The van der Waals surface area contributed by atoms with Crippen molar-refractivity contribution in [3.8, 4) is 0 Å². The third-order valence-corrected chi connectivity index (χ3v) is 5.20. The summed E-state index contributed by atoms with van der Waals surface area (Å²) in [6, 6.07) is 4.00. The molecular formula is C15H15F2N3O3S. The van der Waals surface area contributed by atoms with Gasteiger partial charge < -0.3 is 9.47 Å². The van der Waals surface area contributed by atoms with Gasteiger partial charge in [0.15, 0.2) is 11.6 Å². The molecule has 0 aliphatic carbocycles. The molecule has 1 aromatic heterocycles. The molecule has 1 aliphatic rings. The Hall–Kier alpha value is -2.42. The molecule has 1 aliphatic heterocycles. The number of nitrogens with zero attached hydrogens (tertiary/aromatic N) is 2. The van der Waals surface area contributed by atoms with Gasteiger partial charge >= 0.3 is 0 Å². The maximum atomic E-state index is 13.2. The molecule has 0 radical (unpaired) electrons. The van der Waals surface area contributed by atoms with Gasteiger partial charge in [0, 0.05) is 31.9 Å².